The smallest absolute Gasteiger partial charge is 0.333 e. The van der Waals surface area contributed by atoms with Crippen molar-refractivity contribution < 1.29 is 66.4 Å². The normalized spacial score (nSPS) is 11.4. The van der Waals surface area contributed by atoms with Crippen LogP contribution in [0.3, 0.4) is 0 Å². The lowest BCUT2D eigenvalue weighted by molar-refractivity contribution is -0.131. The summed E-state index contributed by atoms with van der Waals surface area (Å²) >= 11 is 0. The fourth-order valence-electron chi connectivity index (χ4n) is 5.90. The number of aliphatic carboxylic acids is 1. The number of aromatic amines is 1. The number of methoxy groups -OCH3 is 1. The SMILES string of the molecule is COCCOCCOCCOCCOCCOCCOCCOCCOCCO.O=C(O)/C=C/c1ccc(-c2nc3c([nH]2)c(=O)n(Cc2ccc(F)cc2)c(=O)n3Cc2ccc(F)cc2)cc1. The highest BCUT2D eigenvalue weighted by molar-refractivity contribution is 5.85. The van der Waals surface area contributed by atoms with E-state index in [0.29, 0.717) is 140 Å². The third-order valence-electron chi connectivity index (χ3n) is 9.24. The minimum Gasteiger partial charge on any atom is -0.478 e. The van der Waals surface area contributed by atoms with Crippen LogP contribution in [-0.4, -0.2) is 161 Å². The average Bonchev–Trinajstić information content (AvgIpc) is 3.78. The molecule has 18 nitrogen and oxygen atoms in total. The molecule has 3 N–H and O–H groups in total. The summed E-state index contributed by atoms with van der Waals surface area (Å²) in [5.41, 5.74) is 1.46. The first-order chi connectivity index (χ1) is 32.7. The number of nitrogens with one attached hydrogen (secondary N) is 1. The number of hydrogen-bond donors (Lipinski definition) is 3. The molecule has 67 heavy (non-hydrogen) atoms. The van der Waals surface area contributed by atoms with Gasteiger partial charge in [0, 0.05) is 18.7 Å². The monoisotopic (exact) mass is 942 g/mol. The molecule has 0 bridgehead atoms. The number of hydrogen-bond acceptors (Lipinski definition) is 14. The van der Waals surface area contributed by atoms with E-state index in [4.69, 9.17) is 52.8 Å². The third kappa shape index (κ3) is 20.9. The zero-order valence-electron chi connectivity index (χ0n) is 37.6. The summed E-state index contributed by atoms with van der Waals surface area (Å²) in [4.78, 5) is 45.3. The Bertz CT molecular complexity index is 2260. The number of nitrogens with zero attached hydrogens (tertiary/aromatic N) is 3. The van der Waals surface area contributed by atoms with Gasteiger partial charge < -0.3 is 57.8 Å². The number of rotatable bonds is 33. The lowest BCUT2D eigenvalue weighted by atomic mass is 10.1. The number of fused-ring (bicyclic) bond motifs is 1. The largest absolute Gasteiger partial charge is 0.478 e. The molecule has 0 saturated heterocycles. The first kappa shape index (κ1) is 54.1. The Labute approximate surface area is 386 Å². The van der Waals surface area contributed by atoms with Crippen molar-refractivity contribution in [2.45, 2.75) is 13.1 Å². The Morgan fingerprint density at radius 2 is 1.00 bits per heavy atom. The van der Waals surface area contributed by atoms with Gasteiger partial charge in [0.2, 0.25) is 0 Å². The Kier molecular flexibility index (Phi) is 26.0. The lowest BCUT2D eigenvalue weighted by Crippen LogP contribution is -2.40. The zero-order valence-corrected chi connectivity index (χ0v) is 37.6. The molecule has 2 heterocycles. The van der Waals surface area contributed by atoms with Crippen LogP contribution < -0.4 is 11.2 Å². The van der Waals surface area contributed by atoms with Crippen LogP contribution >= 0.6 is 0 Å². The minimum absolute atomic E-state index is 0.0303. The van der Waals surface area contributed by atoms with Gasteiger partial charge >= 0.3 is 11.7 Å². The average molecular weight is 943 g/mol. The van der Waals surface area contributed by atoms with E-state index in [1.807, 2.05) is 0 Å². The van der Waals surface area contributed by atoms with Gasteiger partial charge in [0.25, 0.3) is 5.56 Å². The van der Waals surface area contributed by atoms with Crippen LogP contribution in [0.2, 0.25) is 0 Å². The number of carboxylic acid groups (broad SMARTS) is 1. The van der Waals surface area contributed by atoms with Crippen molar-refractivity contribution in [3.63, 3.8) is 0 Å². The van der Waals surface area contributed by atoms with Crippen LogP contribution in [-0.2, 0) is 60.5 Å². The number of aliphatic hydroxyl groups is 1. The fraction of sp³-hybridized carbons (Fsp3) is 0.447. The van der Waals surface area contributed by atoms with E-state index >= 15 is 0 Å². The van der Waals surface area contributed by atoms with Gasteiger partial charge in [-0.2, -0.15) is 0 Å². The third-order valence-corrected chi connectivity index (χ3v) is 9.24. The number of carboxylic acids is 1. The molecule has 0 aliphatic heterocycles. The minimum atomic E-state index is -1.07. The van der Waals surface area contributed by atoms with Gasteiger partial charge in [-0.1, -0.05) is 48.5 Å². The van der Waals surface area contributed by atoms with E-state index in [0.717, 1.165) is 10.6 Å². The van der Waals surface area contributed by atoms with Crippen LogP contribution in [0.1, 0.15) is 16.7 Å². The Morgan fingerprint density at radius 1 is 0.597 bits per heavy atom. The number of aliphatic hydroxyl groups excluding tert-OH is 1. The molecular formula is C47H60F2N4O14. The second kappa shape index (κ2) is 32.2. The molecule has 0 radical (unpaired) electrons. The van der Waals surface area contributed by atoms with Crippen molar-refractivity contribution in [1.29, 1.82) is 0 Å². The lowest BCUT2D eigenvalue weighted by Gasteiger charge is -2.11. The maximum atomic E-state index is 13.5. The molecule has 0 aliphatic carbocycles. The summed E-state index contributed by atoms with van der Waals surface area (Å²) in [7, 11) is 1.64. The van der Waals surface area contributed by atoms with Crippen molar-refractivity contribution >= 4 is 23.2 Å². The Balaban J connectivity index is 0.000000306. The summed E-state index contributed by atoms with van der Waals surface area (Å²) in [6.07, 6.45) is 2.47. The van der Waals surface area contributed by atoms with Crippen molar-refractivity contribution in [3.05, 3.63) is 128 Å². The number of imidazole rings is 1. The van der Waals surface area contributed by atoms with Crippen molar-refractivity contribution in [2.24, 2.45) is 0 Å². The molecule has 2 aromatic heterocycles. The summed E-state index contributed by atoms with van der Waals surface area (Å²) in [5.74, 6) is -1.59. The highest BCUT2D eigenvalue weighted by atomic mass is 19.1. The molecule has 0 fully saturated rings. The molecule has 0 spiro atoms. The number of benzene rings is 3. The van der Waals surface area contributed by atoms with E-state index in [2.05, 4.69) is 9.97 Å². The Hall–Kier alpha value is -5.52. The van der Waals surface area contributed by atoms with Crippen LogP contribution in [0.4, 0.5) is 8.78 Å². The molecule has 5 aromatic rings. The summed E-state index contributed by atoms with van der Waals surface area (Å²) in [5, 5.41) is 17.3. The highest BCUT2D eigenvalue weighted by Crippen LogP contribution is 2.20. The second-order valence-electron chi connectivity index (χ2n) is 14.2. The molecule has 0 saturated carbocycles. The molecule has 5 rings (SSSR count). The molecular weight excluding hydrogens is 883 g/mol. The first-order valence-electron chi connectivity index (χ1n) is 21.7. The van der Waals surface area contributed by atoms with Crippen molar-refractivity contribution in [3.8, 4) is 11.4 Å². The number of ether oxygens (including phenoxy) is 9. The van der Waals surface area contributed by atoms with Gasteiger partial charge in [0.1, 0.15) is 23.0 Å². The molecule has 20 heteroatoms. The first-order valence-corrected chi connectivity index (χ1v) is 21.7. The number of H-pyrrole nitrogens is 1. The molecule has 3 aromatic carbocycles. The molecule has 0 atom stereocenters. The Morgan fingerprint density at radius 3 is 1.40 bits per heavy atom. The summed E-state index contributed by atoms with van der Waals surface area (Å²) in [6, 6.07) is 17.9. The van der Waals surface area contributed by atoms with Gasteiger partial charge in [0.15, 0.2) is 5.65 Å². The van der Waals surface area contributed by atoms with Gasteiger partial charge in [-0.05, 0) is 47.0 Å². The number of carbonyl (C=O) groups is 1. The zero-order chi connectivity index (χ0) is 47.9. The molecule has 0 aliphatic rings. The summed E-state index contributed by atoms with van der Waals surface area (Å²) in [6.45, 7) is 8.84. The number of halogens is 2. The van der Waals surface area contributed by atoms with E-state index in [-0.39, 0.29) is 30.9 Å². The van der Waals surface area contributed by atoms with Gasteiger partial charge in [0.05, 0.1) is 132 Å². The molecule has 0 unspecified atom stereocenters. The predicted octanol–water partition coefficient (Wildman–Crippen LogP) is 3.78. The van der Waals surface area contributed by atoms with E-state index in [1.54, 1.807) is 43.5 Å². The quantitative estimate of drug-likeness (QED) is 0.0404. The number of aromatic nitrogens is 4. The summed E-state index contributed by atoms with van der Waals surface area (Å²) < 4.78 is 76.7. The topological polar surface area (TPSA) is 213 Å². The van der Waals surface area contributed by atoms with Gasteiger partial charge in [-0.3, -0.25) is 13.9 Å². The molecule has 0 amide bonds. The van der Waals surface area contributed by atoms with Crippen molar-refractivity contribution in [2.75, 3.05) is 126 Å². The second-order valence-corrected chi connectivity index (χ2v) is 14.2. The van der Waals surface area contributed by atoms with Crippen LogP contribution in [0.5, 0.6) is 0 Å². The van der Waals surface area contributed by atoms with Crippen LogP contribution in [0.25, 0.3) is 28.6 Å². The highest BCUT2D eigenvalue weighted by Gasteiger charge is 2.19. The van der Waals surface area contributed by atoms with E-state index in [9.17, 15) is 23.2 Å². The fourth-order valence-corrected chi connectivity index (χ4v) is 5.90. The van der Waals surface area contributed by atoms with Crippen molar-refractivity contribution in [1.82, 2.24) is 19.1 Å². The predicted molar refractivity (Wildman–Crippen MR) is 243 cm³/mol. The van der Waals surface area contributed by atoms with E-state index in [1.165, 1.54) is 47.0 Å². The van der Waals surface area contributed by atoms with Crippen LogP contribution in [0, 0.1) is 11.6 Å². The van der Waals surface area contributed by atoms with Gasteiger partial charge in [-0.15, -0.1) is 0 Å². The maximum Gasteiger partial charge on any atom is 0.333 e. The molecule has 366 valence electrons. The standard InChI is InChI=1S/C28H20F2N4O4.C19H40O10/c29-21-10-3-18(4-11-21)15-33-26-24(27(37)34(28(33)38)16-19-5-12-22(30)13-6-19)31-25(32-26)20-8-1-17(2-9-20)7-14-23(35)36;1-21-4-5-23-8-9-25-12-13-27-16-17-29-19-18-28-15-14-26-11-10-24-7-6-22-3-2-20/h1-14H,15-16H2,(H,31,32)(H,35,36);20H,2-19H2,1H3/b14-7+;. The van der Waals surface area contributed by atoms with E-state index < -0.39 is 28.9 Å². The van der Waals surface area contributed by atoms with Gasteiger partial charge in [-0.25, -0.2) is 23.4 Å². The maximum absolute atomic E-state index is 13.5. The van der Waals surface area contributed by atoms with Crippen LogP contribution in [0.15, 0.2) is 88.5 Å².